The second-order valence-corrected chi connectivity index (χ2v) is 5.19. The van der Waals surface area contributed by atoms with Gasteiger partial charge in [-0.15, -0.1) is 0 Å². The monoisotopic (exact) mass is 171 g/mol. The van der Waals surface area contributed by atoms with Crippen molar-refractivity contribution < 1.29 is 8.42 Å². The van der Waals surface area contributed by atoms with Crippen molar-refractivity contribution in [2.24, 2.45) is 0 Å². The summed E-state index contributed by atoms with van der Waals surface area (Å²) in [6.07, 6.45) is 0. The first kappa shape index (κ1) is 6.43. The minimum atomic E-state index is -2.96. The van der Waals surface area contributed by atoms with Crippen molar-refractivity contribution in [3.05, 3.63) is 6.92 Å². The fraction of sp³-hybridized carbons (Fsp3) is 0.500. The highest BCUT2D eigenvalue weighted by Gasteiger charge is 1.94. The molecular weight excluding hydrogens is 168 g/mol. The normalized spacial score (nSPS) is 11.7. The van der Waals surface area contributed by atoms with Gasteiger partial charge in [0.2, 0.25) is 8.27 Å². The summed E-state index contributed by atoms with van der Waals surface area (Å²) in [6, 6.07) is 0. The Morgan fingerprint density at radius 3 is 1.83 bits per heavy atom. The summed E-state index contributed by atoms with van der Waals surface area (Å²) in [4.78, 5) is 0. The Hall–Kier alpha value is 0.430. The van der Waals surface area contributed by atoms with E-state index >= 15 is 0 Å². The van der Waals surface area contributed by atoms with Crippen LogP contribution in [0.25, 0.3) is 0 Å². The molecule has 0 N–H and O–H groups in total. The smallest absolute Gasteiger partial charge is 0.209 e. The molecule has 0 bridgehead atoms. The minimum Gasteiger partial charge on any atom is -0.217 e. The van der Waals surface area contributed by atoms with Gasteiger partial charge in [0.05, 0.1) is 20.6 Å². The molecule has 0 fully saturated rings. The molecule has 0 spiro atoms. The van der Waals surface area contributed by atoms with Crippen LogP contribution in [0.15, 0.2) is 0 Å². The van der Waals surface area contributed by atoms with Crippen LogP contribution in [0.5, 0.6) is 0 Å². The van der Waals surface area contributed by atoms with Gasteiger partial charge in [-0.3, -0.25) is 0 Å². The molecule has 0 heterocycles. The number of halogens is 1. The highest BCUT2D eigenvalue weighted by molar-refractivity contribution is 9.47. The van der Waals surface area contributed by atoms with Gasteiger partial charge >= 0.3 is 0 Å². The third-order valence-corrected chi connectivity index (χ3v) is 1.70. The van der Waals surface area contributed by atoms with E-state index in [1.165, 1.54) is 0 Å². The van der Waals surface area contributed by atoms with Gasteiger partial charge in [-0.25, -0.2) is 8.42 Å². The molecular formula is C2H4BrO2S. The summed E-state index contributed by atoms with van der Waals surface area (Å²) < 4.78 is 19.7. The van der Waals surface area contributed by atoms with E-state index in [0.717, 1.165) is 0 Å². The van der Waals surface area contributed by atoms with E-state index in [1.54, 1.807) is 0 Å². The molecule has 0 atom stereocenters. The molecule has 2 nitrogen and oxygen atoms in total. The van der Waals surface area contributed by atoms with Crippen LogP contribution in [0.4, 0.5) is 0 Å². The highest BCUT2D eigenvalue weighted by atomic mass is 79.9. The van der Waals surface area contributed by atoms with Crippen LogP contribution in [-0.2, 0) is 8.27 Å². The van der Waals surface area contributed by atoms with Gasteiger partial charge in [-0.05, 0) is 6.92 Å². The van der Waals surface area contributed by atoms with E-state index in [2.05, 4.69) is 21.7 Å². The third kappa shape index (κ3) is 4.43. The van der Waals surface area contributed by atoms with Crippen LogP contribution in [0, 0.1) is 6.92 Å². The standard InChI is InChI=1S/C2H4BrO2S/c1-2-6(3,4)5/h1-2H2. The van der Waals surface area contributed by atoms with E-state index in [1.807, 2.05) is 0 Å². The molecule has 4 heteroatoms. The molecule has 0 aliphatic carbocycles. The molecule has 0 aliphatic heterocycles. The predicted octanol–water partition coefficient (Wildman–Crippen LogP) is 0.545. The van der Waals surface area contributed by atoms with Crippen molar-refractivity contribution >= 4 is 23.1 Å². The van der Waals surface area contributed by atoms with Crippen molar-refractivity contribution in [3.63, 3.8) is 0 Å². The van der Waals surface area contributed by atoms with Crippen LogP contribution in [-0.4, -0.2) is 14.2 Å². The summed E-state index contributed by atoms with van der Waals surface area (Å²) in [5.74, 6) is -0.0903. The Balaban J connectivity index is 3.85. The molecule has 0 aromatic carbocycles. The maximum absolute atomic E-state index is 9.85. The van der Waals surface area contributed by atoms with E-state index in [9.17, 15) is 8.42 Å². The largest absolute Gasteiger partial charge is 0.217 e. The first-order valence-electron chi connectivity index (χ1n) is 1.28. The fourth-order valence-corrected chi connectivity index (χ4v) is 0. The lowest BCUT2D eigenvalue weighted by molar-refractivity contribution is 0.614. The van der Waals surface area contributed by atoms with Crippen molar-refractivity contribution in [1.29, 1.82) is 0 Å². The van der Waals surface area contributed by atoms with Crippen molar-refractivity contribution in [3.8, 4) is 0 Å². The zero-order valence-corrected chi connectivity index (χ0v) is 5.42. The fourth-order valence-electron chi connectivity index (χ4n) is 0. The van der Waals surface area contributed by atoms with E-state index in [-0.39, 0.29) is 5.75 Å². The maximum atomic E-state index is 9.85. The topological polar surface area (TPSA) is 34.1 Å². The Morgan fingerprint density at radius 2 is 1.83 bits per heavy atom. The van der Waals surface area contributed by atoms with E-state index in [0.29, 0.717) is 0 Å². The van der Waals surface area contributed by atoms with Gasteiger partial charge < -0.3 is 0 Å². The Kier molecular flexibility index (Phi) is 2.07. The second-order valence-electron chi connectivity index (χ2n) is 0.743. The molecule has 0 aliphatic rings. The first-order valence-corrected chi connectivity index (χ1v) is 4.77. The van der Waals surface area contributed by atoms with Crippen LogP contribution in [0.3, 0.4) is 0 Å². The number of hydrogen-bond acceptors (Lipinski definition) is 2. The lowest BCUT2D eigenvalue weighted by Gasteiger charge is -1.77. The zero-order valence-electron chi connectivity index (χ0n) is 3.02. The van der Waals surface area contributed by atoms with Crippen molar-refractivity contribution in [2.75, 3.05) is 5.75 Å². The SMILES string of the molecule is [CH2]CS(=O)(=O)Br. The molecule has 0 aromatic rings. The maximum Gasteiger partial charge on any atom is 0.209 e. The zero-order chi connectivity index (χ0) is 5.21. The minimum absolute atomic E-state index is 0.0903. The van der Waals surface area contributed by atoms with Crippen LogP contribution >= 0.6 is 14.8 Å². The Morgan fingerprint density at radius 1 is 1.67 bits per heavy atom. The van der Waals surface area contributed by atoms with Gasteiger partial charge in [0.15, 0.2) is 0 Å². The summed E-state index contributed by atoms with van der Waals surface area (Å²) in [5.41, 5.74) is 0. The Labute approximate surface area is 44.7 Å². The van der Waals surface area contributed by atoms with Gasteiger partial charge in [0.1, 0.15) is 0 Å². The molecule has 37 valence electrons. The van der Waals surface area contributed by atoms with E-state index in [4.69, 9.17) is 0 Å². The third-order valence-electron chi connectivity index (χ3n) is 0.244. The quantitative estimate of drug-likeness (QED) is 0.541. The Bertz CT molecular complexity index is 114. The van der Waals surface area contributed by atoms with Crippen LogP contribution in [0.2, 0.25) is 0 Å². The molecule has 6 heavy (non-hydrogen) atoms. The summed E-state index contributed by atoms with van der Waals surface area (Å²) in [5, 5.41) is 0. The van der Waals surface area contributed by atoms with Crippen LogP contribution < -0.4 is 0 Å². The summed E-state index contributed by atoms with van der Waals surface area (Å²) >= 11 is 2.39. The molecule has 0 saturated heterocycles. The average Bonchev–Trinajstić information content (AvgIpc) is 1.35. The summed E-state index contributed by atoms with van der Waals surface area (Å²) in [6.45, 7) is 3.12. The molecule has 0 rings (SSSR count). The average molecular weight is 172 g/mol. The lowest BCUT2D eigenvalue weighted by atomic mass is 11.0. The van der Waals surface area contributed by atoms with Gasteiger partial charge in [-0.2, -0.15) is 0 Å². The lowest BCUT2D eigenvalue weighted by Crippen LogP contribution is -1.88. The predicted molar refractivity (Wildman–Crippen MR) is 28.1 cm³/mol. The molecule has 0 unspecified atom stereocenters. The molecule has 0 aromatic heterocycles. The van der Waals surface area contributed by atoms with E-state index < -0.39 is 8.27 Å². The summed E-state index contributed by atoms with van der Waals surface area (Å²) in [7, 11) is -2.96. The molecule has 1 radical (unpaired) electrons. The second kappa shape index (κ2) is 1.93. The van der Waals surface area contributed by atoms with Crippen LogP contribution in [0.1, 0.15) is 0 Å². The number of hydrogen-bond donors (Lipinski definition) is 0. The van der Waals surface area contributed by atoms with Gasteiger partial charge in [0.25, 0.3) is 0 Å². The van der Waals surface area contributed by atoms with Gasteiger partial charge in [-0.1, -0.05) is 0 Å². The van der Waals surface area contributed by atoms with Gasteiger partial charge in [0, 0.05) is 0 Å². The molecule has 0 saturated carbocycles. The number of rotatable bonds is 1. The van der Waals surface area contributed by atoms with Crippen molar-refractivity contribution in [1.82, 2.24) is 0 Å². The molecule has 0 amide bonds. The highest BCUT2D eigenvalue weighted by Crippen LogP contribution is 1.96. The first-order chi connectivity index (χ1) is 2.56. The van der Waals surface area contributed by atoms with Crippen molar-refractivity contribution in [2.45, 2.75) is 0 Å².